The van der Waals surface area contributed by atoms with Gasteiger partial charge in [-0.05, 0) is 62.9 Å². The molecular weight excluding hydrogens is 232 g/mol. The highest BCUT2D eigenvalue weighted by Crippen LogP contribution is 2.33. The summed E-state index contributed by atoms with van der Waals surface area (Å²) < 4.78 is 0. The number of rotatable bonds is 5. The van der Waals surface area contributed by atoms with E-state index >= 15 is 0 Å². The highest BCUT2D eigenvalue weighted by Gasteiger charge is 2.31. The highest BCUT2D eigenvalue weighted by atomic mass is 15.1. The standard InChI is InChI=1S/C17H28N2/c1-4-17(9-11-18-12-10-17)14-19(3)13-16-8-6-5-7-15(16)2/h5-8,18H,4,9-14H2,1-3H3. The van der Waals surface area contributed by atoms with Crippen LogP contribution in [0, 0.1) is 12.3 Å². The number of piperidine rings is 1. The van der Waals surface area contributed by atoms with Gasteiger partial charge >= 0.3 is 0 Å². The summed E-state index contributed by atoms with van der Waals surface area (Å²) in [4.78, 5) is 2.51. The van der Waals surface area contributed by atoms with Crippen LogP contribution in [0.1, 0.15) is 37.3 Å². The van der Waals surface area contributed by atoms with Gasteiger partial charge in [-0.1, -0.05) is 31.2 Å². The van der Waals surface area contributed by atoms with Crippen molar-refractivity contribution in [3.8, 4) is 0 Å². The van der Waals surface area contributed by atoms with Gasteiger partial charge in [0.25, 0.3) is 0 Å². The third-order valence-electron chi connectivity index (χ3n) is 4.72. The van der Waals surface area contributed by atoms with E-state index in [1.165, 1.54) is 50.0 Å². The summed E-state index contributed by atoms with van der Waals surface area (Å²) in [5.74, 6) is 0. The van der Waals surface area contributed by atoms with Crippen LogP contribution in [-0.2, 0) is 6.54 Å². The molecule has 106 valence electrons. The molecule has 0 aromatic heterocycles. The van der Waals surface area contributed by atoms with E-state index in [-0.39, 0.29) is 0 Å². The molecule has 0 spiro atoms. The van der Waals surface area contributed by atoms with Crippen LogP contribution in [0.5, 0.6) is 0 Å². The molecule has 0 saturated carbocycles. The van der Waals surface area contributed by atoms with Gasteiger partial charge < -0.3 is 10.2 Å². The van der Waals surface area contributed by atoms with Gasteiger partial charge in [-0.25, -0.2) is 0 Å². The number of hydrogen-bond acceptors (Lipinski definition) is 2. The summed E-state index contributed by atoms with van der Waals surface area (Å²) in [5, 5.41) is 3.49. The fourth-order valence-corrected chi connectivity index (χ4v) is 3.29. The average Bonchev–Trinajstić information content (AvgIpc) is 2.42. The summed E-state index contributed by atoms with van der Waals surface area (Å²) in [6, 6.07) is 8.74. The zero-order valence-electron chi connectivity index (χ0n) is 12.7. The highest BCUT2D eigenvalue weighted by molar-refractivity contribution is 5.25. The smallest absolute Gasteiger partial charge is 0.0233 e. The lowest BCUT2D eigenvalue weighted by Gasteiger charge is -2.40. The van der Waals surface area contributed by atoms with E-state index in [9.17, 15) is 0 Å². The number of benzene rings is 1. The molecular formula is C17H28N2. The first-order chi connectivity index (χ1) is 9.15. The van der Waals surface area contributed by atoms with Crippen molar-refractivity contribution >= 4 is 0 Å². The zero-order chi connectivity index (χ0) is 13.7. The Balaban J connectivity index is 1.96. The minimum Gasteiger partial charge on any atom is -0.317 e. The molecule has 2 nitrogen and oxygen atoms in total. The van der Waals surface area contributed by atoms with Crippen molar-refractivity contribution in [3.05, 3.63) is 35.4 Å². The fourth-order valence-electron chi connectivity index (χ4n) is 3.29. The van der Waals surface area contributed by atoms with E-state index in [0.717, 1.165) is 6.54 Å². The SMILES string of the molecule is CCC1(CN(C)Cc2ccccc2C)CCNCC1. The van der Waals surface area contributed by atoms with Crippen molar-refractivity contribution in [2.24, 2.45) is 5.41 Å². The van der Waals surface area contributed by atoms with E-state index in [2.05, 4.69) is 55.4 Å². The van der Waals surface area contributed by atoms with Gasteiger partial charge in [0.15, 0.2) is 0 Å². The molecule has 0 aliphatic carbocycles. The summed E-state index contributed by atoms with van der Waals surface area (Å²) in [6.45, 7) is 9.23. The second-order valence-electron chi connectivity index (χ2n) is 6.20. The first kappa shape index (κ1) is 14.5. The minimum absolute atomic E-state index is 0.530. The minimum atomic E-state index is 0.530. The maximum Gasteiger partial charge on any atom is 0.0233 e. The van der Waals surface area contributed by atoms with Gasteiger partial charge in [0.1, 0.15) is 0 Å². The molecule has 1 aliphatic rings. The summed E-state index contributed by atoms with van der Waals surface area (Å²) in [6.07, 6.45) is 3.94. The Hall–Kier alpha value is -0.860. The lowest BCUT2D eigenvalue weighted by atomic mass is 9.76. The molecule has 1 saturated heterocycles. The van der Waals surface area contributed by atoms with Crippen LogP contribution in [0.2, 0.25) is 0 Å². The molecule has 1 aromatic rings. The number of aryl methyl sites for hydroxylation is 1. The van der Waals surface area contributed by atoms with Gasteiger partial charge in [0.05, 0.1) is 0 Å². The molecule has 2 heteroatoms. The van der Waals surface area contributed by atoms with Crippen molar-refractivity contribution in [3.63, 3.8) is 0 Å². The molecule has 1 N–H and O–H groups in total. The number of nitrogens with one attached hydrogen (secondary N) is 1. The number of nitrogens with zero attached hydrogens (tertiary/aromatic N) is 1. The van der Waals surface area contributed by atoms with E-state index in [0.29, 0.717) is 5.41 Å². The van der Waals surface area contributed by atoms with Crippen LogP contribution < -0.4 is 5.32 Å². The predicted octanol–water partition coefficient (Wildman–Crippen LogP) is 3.21. The van der Waals surface area contributed by atoms with Crippen LogP contribution in [0.4, 0.5) is 0 Å². The van der Waals surface area contributed by atoms with E-state index in [1.54, 1.807) is 0 Å². The Morgan fingerprint density at radius 2 is 1.89 bits per heavy atom. The molecule has 0 amide bonds. The topological polar surface area (TPSA) is 15.3 Å². The second-order valence-corrected chi connectivity index (χ2v) is 6.20. The lowest BCUT2D eigenvalue weighted by molar-refractivity contribution is 0.119. The molecule has 0 unspecified atom stereocenters. The van der Waals surface area contributed by atoms with Gasteiger partial charge in [0, 0.05) is 13.1 Å². The van der Waals surface area contributed by atoms with Gasteiger partial charge in [-0.15, -0.1) is 0 Å². The Bertz CT molecular complexity index is 394. The summed E-state index contributed by atoms with van der Waals surface area (Å²) in [7, 11) is 2.27. The zero-order valence-corrected chi connectivity index (χ0v) is 12.7. The Morgan fingerprint density at radius 3 is 2.53 bits per heavy atom. The van der Waals surface area contributed by atoms with Crippen molar-refractivity contribution in [2.45, 2.75) is 39.7 Å². The normalized spacial score (nSPS) is 18.7. The molecule has 0 radical (unpaired) electrons. The average molecular weight is 260 g/mol. The van der Waals surface area contributed by atoms with Gasteiger partial charge in [-0.3, -0.25) is 0 Å². The Kier molecular flexibility index (Phi) is 5.00. The van der Waals surface area contributed by atoms with Crippen molar-refractivity contribution in [1.29, 1.82) is 0 Å². The van der Waals surface area contributed by atoms with Crippen molar-refractivity contribution in [2.75, 3.05) is 26.7 Å². The molecule has 0 bridgehead atoms. The lowest BCUT2D eigenvalue weighted by Crippen LogP contribution is -2.43. The maximum absolute atomic E-state index is 3.49. The van der Waals surface area contributed by atoms with Gasteiger partial charge in [-0.2, -0.15) is 0 Å². The molecule has 19 heavy (non-hydrogen) atoms. The Morgan fingerprint density at radius 1 is 1.21 bits per heavy atom. The van der Waals surface area contributed by atoms with Crippen LogP contribution >= 0.6 is 0 Å². The van der Waals surface area contributed by atoms with Crippen molar-refractivity contribution in [1.82, 2.24) is 10.2 Å². The van der Waals surface area contributed by atoms with E-state index in [1.807, 2.05) is 0 Å². The summed E-state index contributed by atoms with van der Waals surface area (Å²) in [5.41, 5.74) is 3.40. The monoisotopic (exact) mass is 260 g/mol. The first-order valence-electron chi connectivity index (χ1n) is 7.59. The molecule has 2 rings (SSSR count). The maximum atomic E-state index is 3.49. The molecule has 0 atom stereocenters. The second kappa shape index (κ2) is 6.53. The van der Waals surface area contributed by atoms with Crippen molar-refractivity contribution < 1.29 is 0 Å². The summed E-state index contributed by atoms with van der Waals surface area (Å²) >= 11 is 0. The third kappa shape index (κ3) is 3.80. The van der Waals surface area contributed by atoms with Crippen LogP contribution in [0.3, 0.4) is 0 Å². The van der Waals surface area contributed by atoms with Crippen LogP contribution in [0.15, 0.2) is 24.3 Å². The van der Waals surface area contributed by atoms with E-state index in [4.69, 9.17) is 0 Å². The molecule has 1 aromatic carbocycles. The van der Waals surface area contributed by atoms with Crippen LogP contribution in [-0.4, -0.2) is 31.6 Å². The van der Waals surface area contributed by atoms with E-state index < -0.39 is 0 Å². The fraction of sp³-hybridized carbons (Fsp3) is 0.647. The quantitative estimate of drug-likeness (QED) is 0.874. The predicted molar refractivity (Wildman–Crippen MR) is 82.3 cm³/mol. The number of hydrogen-bond donors (Lipinski definition) is 1. The largest absolute Gasteiger partial charge is 0.317 e. The van der Waals surface area contributed by atoms with Gasteiger partial charge in [0.2, 0.25) is 0 Å². The Labute approximate surface area is 118 Å². The van der Waals surface area contributed by atoms with Crippen LogP contribution in [0.25, 0.3) is 0 Å². The molecule has 1 fully saturated rings. The molecule has 1 aliphatic heterocycles. The molecule has 1 heterocycles. The first-order valence-corrected chi connectivity index (χ1v) is 7.59. The third-order valence-corrected chi connectivity index (χ3v) is 4.72.